The summed E-state index contributed by atoms with van der Waals surface area (Å²) in [5, 5.41) is 23.6. The van der Waals surface area contributed by atoms with Crippen LogP contribution in [0.25, 0.3) is 27.6 Å². The molecule has 0 aliphatic heterocycles. The Morgan fingerprint density at radius 2 is 1.35 bits per heavy atom. The third kappa shape index (κ3) is 8.07. The molecule has 0 bridgehead atoms. The van der Waals surface area contributed by atoms with Gasteiger partial charge in [0.25, 0.3) is 0 Å². The monoisotopic (exact) mass is 613 g/mol. The Morgan fingerprint density at radius 1 is 0.739 bits per heavy atom. The first-order valence-corrected chi connectivity index (χ1v) is 15.6. The molecule has 0 aliphatic carbocycles. The maximum Gasteiger partial charge on any atom is 0.307 e. The van der Waals surface area contributed by atoms with Crippen molar-refractivity contribution >= 4 is 45.5 Å². The Labute approximate surface area is 269 Å². The van der Waals surface area contributed by atoms with Crippen LogP contribution in [0.1, 0.15) is 54.4 Å². The first-order valence-electron chi connectivity index (χ1n) is 15.6. The Kier molecular flexibility index (Phi) is 10.3. The van der Waals surface area contributed by atoms with Gasteiger partial charge in [-0.3, -0.25) is 14.4 Å². The number of carboxylic acids is 2. The molecular weight excluding hydrogens is 574 g/mol. The second kappa shape index (κ2) is 14.7. The molecule has 0 aliphatic rings. The zero-order chi connectivity index (χ0) is 32.6. The standard InChI is InChI=1S/C40H39NO5/c1-27-14-18-33(19-15-27)37(13-7-8-29-16-20-31-9-3-5-11-34(31)22-29)28(2)41(38(42)24-36(40(45)46)25-39(43)44)26-30-17-21-32-10-4-6-12-35(32)23-30/h3-12,14-23,28,36-37H,13,24-26H2,1-2H3,(H,43,44)(H,45,46)/b8-7+. The maximum atomic E-state index is 14.0. The third-order valence-electron chi connectivity index (χ3n) is 8.73. The predicted molar refractivity (Wildman–Crippen MR) is 183 cm³/mol. The van der Waals surface area contributed by atoms with Crippen molar-refractivity contribution in [1.82, 2.24) is 4.90 Å². The van der Waals surface area contributed by atoms with E-state index in [9.17, 15) is 24.6 Å². The van der Waals surface area contributed by atoms with Gasteiger partial charge in [0, 0.05) is 24.9 Å². The van der Waals surface area contributed by atoms with E-state index in [-0.39, 0.29) is 24.4 Å². The summed E-state index contributed by atoms with van der Waals surface area (Å²) in [5.74, 6) is -4.34. The highest BCUT2D eigenvalue weighted by Gasteiger charge is 2.32. The van der Waals surface area contributed by atoms with Crippen LogP contribution in [-0.4, -0.2) is 39.0 Å². The van der Waals surface area contributed by atoms with Crippen LogP contribution in [-0.2, 0) is 20.9 Å². The predicted octanol–water partition coefficient (Wildman–Crippen LogP) is 8.47. The van der Waals surface area contributed by atoms with Gasteiger partial charge >= 0.3 is 11.9 Å². The summed E-state index contributed by atoms with van der Waals surface area (Å²) in [5.41, 5.74) is 4.19. The zero-order valence-corrected chi connectivity index (χ0v) is 26.2. The van der Waals surface area contributed by atoms with E-state index in [1.54, 1.807) is 4.90 Å². The number of amides is 1. The number of fused-ring (bicyclic) bond motifs is 2. The topological polar surface area (TPSA) is 94.9 Å². The van der Waals surface area contributed by atoms with Crippen LogP contribution in [0.2, 0.25) is 0 Å². The Balaban J connectivity index is 1.48. The number of aryl methyl sites for hydroxylation is 1. The van der Waals surface area contributed by atoms with Gasteiger partial charge in [0.2, 0.25) is 5.91 Å². The van der Waals surface area contributed by atoms with E-state index in [1.165, 1.54) is 5.39 Å². The number of rotatable bonds is 13. The number of hydrogen-bond donors (Lipinski definition) is 2. The fourth-order valence-electron chi connectivity index (χ4n) is 6.08. The molecule has 0 aromatic heterocycles. The van der Waals surface area contributed by atoms with Crippen molar-refractivity contribution in [2.45, 2.75) is 51.6 Å². The molecule has 1 amide bonds. The SMILES string of the molecule is Cc1ccc(C(C/C=C/c2ccc3ccccc3c2)C(C)N(Cc2ccc3ccccc3c2)C(=O)CC(CC(=O)O)C(=O)O)cc1. The molecule has 0 fully saturated rings. The Hall–Kier alpha value is -5.23. The molecule has 0 spiro atoms. The van der Waals surface area contributed by atoms with Crippen LogP contribution in [0.4, 0.5) is 0 Å². The highest BCUT2D eigenvalue weighted by molar-refractivity contribution is 5.86. The summed E-state index contributed by atoms with van der Waals surface area (Å²) < 4.78 is 0. The van der Waals surface area contributed by atoms with Gasteiger partial charge in [-0.2, -0.15) is 0 Å². The quantitative estimate of drug-likeness (QED) is 0.139. The molecule has 6 nitrogen and oxygen atoms in total. The van der Waals surface area contributed by atoms with E-state index in [4.69, 9.17) is 0 Å². The van der Waals surface area contributed by atoms with Gasteiger partial charge in [-0.25, -0.2) is 0 Å². The van der Waals surface area contributed by atoms with Gasteiger partial charge in [0.05, 0.1) is 12.3 Å². The molecule has 5 rings (SSSR count). The van der Waals surface area contributed by atoms with Gasteiger partial charge < -0.3 is 15.1 Å². The van der Waals surface area contributed by atoms with Crippen molar-refractivity contribution < 1.29 is 24.6 Å². The van der Waals surface area contributed by atoms with Crippen molar-refractivity contribution in [1.29, 1.82) is 0 Å². The summed E-state index contributed by atoms with van der Waals surface area (Å²) >= 11 is 0. The molecule has 0 heterocycles. The molecular formula is C40H39NO5. The third-order valence-corrected chi connectivity index (χ3v) is 8.73. The molecule has 0 radical (unpaired) electrons. The molecule has 3 unspecified atom stereocenters. The van der Waals surface area contributed by atoms with Crippen molar-refractivity contribution in [3.63, 3.8) is 0 Å². The normalized spacial score (nSPS) is 13.4. The molecule has 6 heteroatoms. The number of aliphatic carboxylic acids is 2. The fourth-order valence-corrected chi connectivity index (χ4v) is 6.08. The lowest BCUT2D eigenvalue weighted by Crippen LogP contribution is -2.43. The lowest BCUT2D eigenvalue weighted by atomic mass is 9.86. The van der Waals surface area contributed by atoms with Crippen LogP contribution in [0.3, 0.4) is 0 Å². The Bertz CT molecular complexity index is 1880. The number of carboxylic acid groups (broad SMARTS) is 2. The largest absolute Gasteiger partial charge is 0.481 e. The van der Waals surface area contributed by atoms with E-state index < -0.39 is 30.7 Å². The summed E-state index contributed by atoms with van der Waals surface area (Å²) in [7, 11) is 0. The number of carbonyl (C=O) groups excluding carboxylic acids is 1. The number of nitrogens with zero attached hydrogens (tertiary/aromatic N) is 1. The summed E-state index contributed by atoms with van der Waals surface area (Å²) in [4.78, 5) is 39.2. The molecule has 3 atom stereocenters. The minimum atomic E-state index is -1.32. The highest BCUT2D eigenvalue weighted by atomic mass is 16.4. The summed E-state index contributed by atoms with van der Waals surface area (Å²) in [6.07, 6.45) is 3.86. The van der Waals surface area contributed by atoms with Gasteiger partial charge in [-0.1, -0.05) is 115 Å². The first kappa shape index (κ1) is 32.2. The fraction of sp³-hybridized carbons (Fsp3) is 0.225. The van der Waals surface area contributed by atoms with Crippen molar-refractivity contribution in [3.05, 3.63) is 138 Å². The molecule has 234 valence electrons. The number of allylic oxidation sites excluding steroid dienone is 1. The van der Waals surface area contributed by atoms with E-state index in [2.05, 4.69) is 72.8 Å². The molecule has 0 saturated carbocycles. The molecule has 46 heavy (non-hydrogen) atoms. The zero-order valence-electron chi connectivity index (χ0n) is 26.2. The summed E-state index contributed by atoms with van der Waals surface area (Å²) in [6.45, 7) is 4.30. The van der Waals surface area contributed by atoms with Crippen LogP contribution in [0.5, 0.6) is 0 Å². The molecule has 0 saturated heterocycles. The molecule has 2 N–H and O–H groups in total. The van der Waals surface area contributed by atoms with Crippen molar-refractivity contribution in [2.24, 2.45) is 5.92 Å². The second-order valence-electron chi connectivity index (χ2n) is 12.0. The van der Waals surface area contributed by atoms with Crippen LogP contribution in [0, 0.1) is 12.8 Å². The van der Waals surface area contributed by atoms with Gasteiger partial charge in [0.1, 0.15) is 0 Å². The molecule has 5 aromatic carbocycles. The number of hydrogen-bond acceptors (Lipinski definition) is 3. The average molecular weight is 614 g/mol. The van der Waals surface area contributed by atoms with E-state index in [0.717, 1.165) is 38.4 Å². The van der Waals surface area contributed by atoms with Gasteiger partial charge in [-0.15, -0.1) is 0 Å². The highest BCUT2D eigenvalue weighted by Crippen LogP contribution is 2.31. The minimum absolute atomic E-state index is 0.107. The number of carbonyl (C=O) groups is 3. The van der Waals surface area contributed by atoms with Crippen molar-refractivity contribution in [3.8, 4) is 0 Å². The maximum absolute atomic E-state index is 14.0. The van der Waals surface area contributed by atoms with E-state index in [0.29, 0.717) is 6.42 Å². The van der Waals surface area contributed by atoms with E-state index in [1.807, 2.05) is 62.4 Å². The Morgan fingerprint density at radius 3 is 1.98 bits per heavy atom. The second-order valence-corrected chi connectivity index (χ2v) is 12.0. The van der Waals surface area contributed by atoms with Crippen LogP contribution in [0.15, 0.2) is 115 Å². The number of benzene rings is 5. The lowest BCUT2D eigenvalue weighted by molar-refractivity contribution is -0.151. The van der Waals surface area contributed by atoms with Crippen molar-refractivity contribution in [2.75, 3.05) is 0 Å². The smallest absolute Gasteiger partial charge is 0.307 e. The first-order chi connectivity index (χ1) is 22.2. The average Bonchev–Trinajstić information content (AvgIpc) is 3.05. The van der Waals surface area contributed by atoms with Crippen LogP contribution >= 0.6 is 0 Å². The summed E-state index contributed by atoms with van der Waals surface area (Å²) in [6, 6.07) is 36.6. The van der Waals surface area contributed by atoms with Gasteiger partial charge in [0.15, 0.2) is 0 Å². The lowest BCUT2D eigenvalue weighted by Gasteiger charge is -2.36. The van der Waals surface area contributed by atoms with E-state index >= 15 is 0 Å². The van der Waals surface area contributed by atoms with Gasteiger partial charge in [-0.05, 0) is 70.6 Å². The molecule has 5 aromatic rings. The minimum Gasteiger partial charge on any atom is -0.481 e. The van der Waals surface area contributed by atoms with Crippen LogP contribution < -0.4 is 0 Å².